The van der Waals surface area contributed by atoms with Crippen LogP contribution in [0.1, 0.15) is 12.8 Å². The zero-order chi connectivity index (χ0) is 14.3. The smallest absolute Gasteiger partial charge is 0.211 e. The lowest BCUT2D eigenvalue weighted by atomic mass is 9.97. The van der Waals surface area contributed by atoms with E-state index < -0.39 is 10.0 Å². The second-order valence-electron chi connectivity index (χ2n) is 6.67. The summed E-state index contributed by atoms with van der Waals surface area (Å²) in [6.07, 6.45) is 3.37. The Balaban J connectivity index is 1.45. The zero-order valence-electron chi connectivity index (χ0n) is 12.0. The molecule has 0 radical (unpaired) electrons. The van der Waals surface area contributed by atoms with Gasteiger partial charge in [-0.2, -0.15) is 0 Å². The molecule has 20 heavy (non-hydrogen) atoms. The number of fused-ring (bicyclic) bond motifs is 1. The molecule has 0 bridgehead atoms. The van der Waals surface area contributed by atoms with Gasteiger partial charge in [0.1, 0.15) is 0 Å². The summed E-state index contributed by atoms with van der Waals surface area (Å²) in [4.78, 5) is 2.62. The Hall–Kier alpha value is 0.560. The van der Waals surface area contributed by atoms with Gasteiger partial charge in [0.25, 0.3) is 0 Å². The summed E-state index contributed by atoms with van der Waals surface area (Å²) in [5.41, 5.74) is 0. The van der Waals surface area contributed by atoms with Crippen LogP contribution in [0.5, 0.6) is 0 Å². The molecule has 0 unspecified atom stereocenters. The Bertz CT molecular complexity index is 437. The third-order valence-corrected chi connectivity index (χ3v) is 7.17. The van der Waals surface area contributed by atoms with Crippen LogP contribution in [0.25, 0.3) is 0 Å². The summed E-state index contributed by atoms with van der Waals surface area (Å²) >= 11 is 2.44. The molecule has 3 aliphatic rings. The van der Waals surface area contributed by atoms with Crippen molar-refractivity contribution in [3.8, 4) is 0 Å². The minimum Gasteiger partial charge on any atom is -0.302 e. The van der Waals surface area contributed by atoms with Gasteiger partial charge in [-0.25, -0.2) is 15.8 Å². The average molecular weight is 413 g/mol. The molecule has 3 aliphatic heterocycles. The van der Waals surface area contributed by atoms with Gasteiger partial charge in [0.15, 0.2) is 0 Å². The number of likely N-dealkylation sites (tertiary alicyclic amines) is 1. The maximum Gasteiger partial charge on any atom is 0.211 e. The van der Waals surface area contributed by atoms with Crippen molar-refractivity contribution < 1.29 is 8.42 Å². The number of hydrogen-bond donors (Lipinski definition) is 0. The number of sulfonamides is 1. The molecule has 3 rings (SSSR count). The maximum atomic E-state index is 11.5. The van der Waals surface area contributed by atoms with E-state index in [4.69, 9.17) is 0 Å². The van der Waals surface area contributed by atoms with Crippen LogP contribution in [0.2, 0.25) is 0 Å². The highest BCUT2D eigenvalue weighted by Crippen LogP contribution is 2.33. The monoisotopic (exact) mass is 413 g/mol. The minimum atomic E-state index is -2.98. The summed E-state index contributed by atoms with van der Waals surface area (Å²) in [5.74, 6) is 2.41. The van der Waals surface area contributed by atoms with E-state index in [1.807, 2.05) is 0 Å². The molecular formula is C13H24IN3O2S. The van der Waals surface area contributed by atoms with E-state index in [0.717, 1.165) is 24.7 Å². The Morgan fingerprint density at radius 2 is 1.60 bits per heavy atom. The van der Waals surface area contributed by atoms with Crippen molar-refractivity contribution in [2.75, 3.05) is 52.1 Å². The van der Waals surface area contributed by atoms with Crippen molar-refractivity contribution in [2.45, 2.75) is 12.8 Å². The highest BCUT2D eigenvalue weighted by molar-refractivity contribution is 14.1. The highest BCUT2D eigenvalue weighted by atomic mass is 127. The molecule has 0 spiro atoms. The van der Waals surface area contributed by atoms with Crippen molar-refractivity contribution in [3.05, 3.63) is 0 Å². The summed E-state index contributed by atoms with van der Waals surface area (Å²) in [7, 11) is -2.98. The topological polar surface area (TPSA) is 43.9 Å². The van der Waals surface area contributed by atoms with Crippen molar-refractivity contribution in [2.24, 2.45) is 17.8 Å². The molecule has 0 amide bonds. The predicted octanol–water partition coefficient (Wildman–Crippen LogP) is 0.872. The third-order valence-electron chi connectivity index (χ3n) is 5.08. The molecule has 0 N–H and O–H groups in total. The van der Waals surface area contributed by atoms with E-state index in [9.17, 15) is 8.42 Å². The number of hydrogen-bond acceptors (Lipinski definition) is 4. The SMILES string of the molecule is CS(=O)(=O)N1CCC(CN2C[C@H]3CN(I)C[C@H]3C2)CC1. The molecule has 0 saturated carbocycles. The molecule has 7 heteroatoms. The van der Waals surface area contributed by atoms with Crippen molar-refractivity contribution in [1.82, 2.24) is 12.3 Å². The Kier molecular flexibility index (Phi) is 4.62. The van der Waals surface area contributed by atoms with Crippen molar-refractivity contribution in [3.63, 3.8) is 0 Å². The van der Waals surface area contributed by atoms with Gasteiger partial charge in [0.05, 0.1) is 6.26 Å². The molecule has 3 fully saturated rings. The predicted molar refractivity (Wildman–Crippen MR) is 88.2 cm³/mol. The average Bonchev–Trinajstić information content (AvgIpc) is 2.85. The van der Waals surface area contributed by atoms with Crippen LogP contribution in [0, 0.1) is 17.8 Å². The molecule has 3 heterocycles. The third kappa shape index (κ3) is 3.48. The molecule has 0 aromatic rings. The lowest BCUT2D eigenvalue weighted by Gasteiger charge is -2.32. The standard InChI is InChI=1S/C13H24IN3O2S/c1-20(18,19)17-4-2-11(3-5-17)6-15-7-12-9-16(14)10-13(12)8-15/h11-13H,2-10H2,1H3/t12-,13+. The quantitative estimate of drug-likeness (QED) is 0.509. The van der Waals surface area contributed by atoms with Gasteiger partial charge in [0, 0.05) is 68.7 Å². The van der Waals surface area contributed by atoms with Gasteiger partial charge >= 0.3 is 0 Å². The first-order valence-corrected chi connectivity index (χ1v) is 10.3. The van der Waals surface area contributed by atoms with E-state index in [2.05, 4.69) is 30.9 Å². The van der Waals surface area contributed by atoms with E-state index in [-0.39, 0.29) is 0 Å². The van der Waals surface area contributed by atoms with Crippen LogP contribution < -0.4 is 0 Å². The van der Waals surface area contributed by atoms with E-state index in [0.29, 0.717) is 19.0 Å². The van der Waals surface area contributed by atoms with E-state index in [1.54, 1.807) is 4.31 Å². The molecule has 0 aromatic carbocycles. The van der Waals surface area contributed by atoms with Gasteiger partial charge in [-0.15, -0.1) is 0 Å². The lowest BCUT2D eigenvalue weighted by molar-refractivity contribution is 0.197. The molecular weight excluding hydrogens is 389 g/mol. The summed E-state index contributed by atoms with van der Waals surface area (Å²) < 4.78 is 27.1. The van der Waals surface area contributed by atoms with Gasteiger partial charge < -0.3 is 4.90 Å². The fourth-order valence-corrected chi connectivity index (χ4v) is 5.86. The van der Waals surface area contributed by atoms with Gasteiger partial charge in [-0.05, 0) is 30.6 Å². The summed E-state index contributed by atoms with van der Waals surface area (Å²) in [5, 5.41) is 0. The Morgan fingerprint density at radius 3 is 2.10 bits per heavy atom. The van der Waals surface area contributed by atoms with Crippen molar-refractivity contribution >= 4 is 32.9 Å². The zero-order valence-corrected chi connectivity index (χ0v) is 15.0. The Morgan fingerprint density at radius 1 is 1.05 bits per heavy atom. The second-order valence-corrected chi connectivity index (χ2v) is 10.0. The van der Waals surface area contributed by atoms with Gasteiger partial charge in [0.2, 0.25) is 10.0 Å². The first kappa shape index (κ1) is 15.5. The largest absolute Gasteiger partial charge is 0.302 e. The molecule has 5 nitrogen and oxygen atoms in total. The molecule has 0 aromatic heterocycles. The molecule has 3 saturated heterocycles. The minimum absolute atomic E-state index is 0.683. The molecule has 2 atom stereocenters. The number of rotatable bonds is 3. The van der Waals surface area contributed by atoms with Gasteiger partial charge in [-0.3, -0.25) is 0 Å². The van der Waals surface area contributed by atoms with Crippen LogP contribution in [0.15, 0.2) is 0 Å². The maximum absolute atomic E-state index is 11.5. The van der Waals surface area contributed by atoms with Crippen LogP contribution in [-0.4, -0.2) is 72.8 Å². The van der Waals surface area contributed by atoms with Crippen LogP contribution in [-0.2, 0) is 10.0 Å². The number of nitrogens with zero attached hydrogens (tertiary/aromatic N) is 3. The summed E-state index contributed by atoms with van der Waals surface area (Å²) in [6, 6.07) is 0. The van der Waals surface area contributed by atoms with E-state index in [1.165, 1.54) is 39.0 Å². The first-order chi connectivity index (χ1) is 9.41. The molecule has 0 aliphatic carbocycles. The lowest BCUT2D eigenvalue weighted by Crippen LogP contribution is -2.41. The van der Waals surface area contributed by atoms with Crippen LogP contribution >= 0.6 is 22.9 Å². The number of halogens is 1. The highest BCUT2D eigenvalue weighted by Gasteiger charge is 2.40. The normalized spacial score (nSPS) is 34.7. The Labute approximate surface area is 136 Å². The van der Waals surface area contributed by atoms with Crippen molar-refractivity contribution in [1.29, 1.82) is 0 Å². The van der Waals surface area contributed by atoms with Crippen LogP contribution in [0.4, 0.5) is 0 Å². The fraction of sp³-hybridized carbons (Fsp3) is 1.00. The fourth-order valence-electron chi connectivity index (χ4n) is 3.97. The second kappa shape index (κ2) is 5.98. The number of piperidine rings is 1. The van der Waals surface area contributed by atoms with Crippen LogP contribution in [0.3, 0.4) is 0 Å². The molecule has 116 valence electrons. The summed E-state index contributed by atoms with van der Waals surface area (Å²) in [6.45, 7) is 7.58. The van der Waals surface area contributed by atoms with E-state index >= 15 is 0 Å². The van der Waals surface area contributed by atoms with Gasteiger partial charge in [-0.1, -0.05) is 0 Å². The first-order valence-electron chi connectivity index (χ1n) is 7.50.